The highest BCUT2D eigenvalue weighted by Gasteiger charge is 2.34. The van der Waals surface area contributed by atoms with Crippen LogP contribution in [0.15, 0.2) is 53.1 Å². The van der Waals surface area contributed by atoms with Gasteiger partial charge in [0.15, 0.2) is 0 Å². The van der Waals surface area contributed by atoms with Gasteiger partial charge >= 0.3 is 0 Å². The van der Waals surface area contributed by atoms with Crippen molar-refractivity contribution in [2.75, 3.05) is 13.7 Å². The molecule has 3 aromatic rings. The average Bonchev–Trinajstić information content (AvgIpc) is 3.39. The Morgan fingerprint density at radius 2 is 2.00 bits per heavy atom. The Balaban J connectivity index is 1.51. The van der Waals surface area contributed by atoms with E-state index in [1.807, 2.05) is 60.4 Å². The van der Waals surface area contributed by atoms with E-state index < -0.39 is 0 Å². The van der Waals surface area contributed by atoms with Gasteiger partial charge in [0, 0.05) is 12.1 Å². The number of hydrogen-bond acceptors (Lipinski definition) is 5. The van der Waals surface area contributed by atoms with Gasteiger partial charge in [-0.2, -0.15) is 4.98 Å². The molecule has 0 aliphatic carbocycles. The standard InChI is InChI=1S/C22H23N3O3/c1-15-6-3-4-7-17(15)14-20(26)25-13-5-8-19(25)22-23-21(24-28-22)16-9-11-18(27-2)12-10-16/h3-4,6-7,9-12,19H,5,8,13-14H2,1-2H3/t19-/m1/s1. The molecule has 0 radical (unpaired) electrons. The van der Waals surface area contributed by atoms with Gasteiger partial charge in [0.05, 0.1) is 13.5 Å². The van der Waals surface area contributed by atoms with Crippen LogP contribution in [0.4, 0.5) is 0 Å². The quantitative estimate of drug-likeness (QED) is 0.673. The van der Waals surface area contributed by atoms with Crippen molar-refractivity contribution in [1.29, 1.82) is 0 Å². The normalized spacial score (nSPS) is 16.4. The summed E-state index contributed by atoms with van der Waals surface area (Å²) in [6.07, 6.45) is 2.16. The molecule has 2 heterocycles. The Morgan fingerprint density at radius 1 is 1.21 bits per heavy atom. The van der Waals surface area contributed by atoms with Gasteiger partial charge in [-0.25, -0.2) is 0 Å². The Labute approximate surface area is 164 Å². The summed E-state index contributed by atoms with van der Waals surface area (Å²) in [7, 11) is 1.63. The van der Waals surface area contributed by atoms with Gasteiger partial charge in [0.1, 0.15) is 11.8 Å². The monoisotopic (exact) mass is 377 g/mol. The first-order valence-corrected chi connectivity index (χ1v) is 9.47. The van der Waals surface area contributed by atoms with Crippen LogP contribution in [0.1, 0.15) is 35.9 Å². The predicted molar refractivity (Wildman–Crippen MR) is 105 cm³/mol. The Morgan fingerprint density at radius 3 is 2.75 bits per heavy atom. The number of aromatic nitrogens is 2. The molecule has 6 nitrogen and oxygen atoms in total. The lowest BCUT2D eigenvalue weighted by Crippen LogP contribution is -2.32. The molecule has 0 bridgehead atoms. The summed E-state index contributed by atoms with van der Waals surface area (Å²) in [6.45, 7) is 2.75. The van der Waals surface area contributed by atoms with E-state index in [2.05, 4.69) is 10.1 Å². The van der Waals surface area contributed by atoms with E-state index in [1.54, 1.807) is 7.11 Å². The number of ether oxygens (including phenoxy) is 1. The highest BCUT2D eigenvalue weighted by Crippen LogP contribution is 2.33. The number of carbonyl (C=O) groups excluding carboxylic acids is 1. The molecule has 0 N–H and O–H groups in total. The second-order valence-corrected chi connectivity index (χ2v) is 7.03. The first kappa shape index (κ1) is 18.2. The highest BCUT2D eigenvalue weighted by atomic mass is 16.5. The number of rotatable bonds is 5. The lowest BCUT2D eigenvalue weighted by Gasteiger charge is -2.22. The Kier molecular flexibility index (Phi) is 5.10. The SMILES string of the molecule is COc1ccc(-c2noc([C@H]3CCCN3C(=O)Cc3ccccc3C)n2)cc1. The molecule has 2 aromatic carbocycles. The zero-order valence-electron chi connectivity index (χ0n) is 16.1. The van der Waals surface area contributed by atoms with E-state index in [1.165, 1.54) is 0 Å². The molecule has 1 aliphatic heterocycles. The van der Waals surface area contributed by atoms with Crippen LogP contribution in [0.5, 0.6) is 5.75 Å². The topological polar surface area (TPSA) is 68.5 Å². The maximum absolute atomic E-state index is 12.9. The summed E-state index contributed by atoms with van der Waals surface area (Å²) in [5.74, 6) is 1.90. The number of carbonyl (C=O) groups is 1. The molecule has 0 saturated carbocycles. The molecule has 4 rings (SSSR count). The summed E-state index contributed by atoms with van der Waals surface area (Å²) in [5.41, 5.74) is 3.04. The minimum Gasteiger partial charge on any atom is -0.497 e. The molecular formula is C22H23N3O3. The fourth-order valence-corrected chi connectivity index (χ4v) is 3.62. The van der Waals surface area contributed by atoms with Gasteiger partial charge in [0.2, 0.25) is 17.6 Å². The highest BCUT2D eigenvalue weighted by molar-refractivity contribution is 5.79. The molecule has 1 aromatic heterocycles. The molecule has 1 aliphatic rings. The number of likely N-dealkylation sites (tertiary alicyclic amines) is 1. The average molecular weight is 377 g/mol. The van der Waals surface area contributed by atoms with Crippen molar-refractivity contribution in [2.45, 2.75) is 32.2 Å². The van der Waals surface area contributed by atoms with E-state index in [0.717, 1.165) is 41.8 Å². The lowest BCUT2D eigenvalue weighted by atomic mass is 10.1. The molecule has 1 atom stereocenters. The van der Waals surface area contributed by atoms with E-state index in [-0.39, 0.29) is 11.9 Å². The predicted octanol–water partition coefficient (Wildman–Crippen LogP) is 3.96. The minimum absolute atomic E-state index is 0.0981. The molecule has 1 saturated heterocycles. The molecular weight excluding hydrogens is 354 g/mol. The van der Waals surface area contributed by atoms with Gasteiger partial charge in [-0.05, 0) is 55.2 Å². The van der Waals surface area contributed by atoms with Crippen LogP contribution in [0.25, 0.3) is 11.4 Å². The molecule has 28 heavy (non-hydrogen) atoms. The van der Waals surface area contributed by atoms with E-state index in [0.29, 0.717) is 18.1 Å². The van der Waals surface area contributed by atoms with Crippen LogP contribution in [0.3, 0.4) is 0 Å². The maximum Gasteiger partial charge on any atom is 0.249 e. The largest absolute Gasteiger partial charge is 0.497 e. The molecule has 1 amide bonds. The summed E-state index contributed by atoms with van der Waals surface area (Å²) in [4.78, 5) is 19.4. The zero-order valence-corrected chi connectivity index (χ0v) is 16.1. The van der Waals surface area contributed by atoms with E-state index in [4.69, 9.17) is 9.26 Å². The number of methoxy groups -OCH3 is 1. The van der Waals surface area contributed by atoms with Gasteiger partial charge in [-0.3, -0.25) is 4.79 Å². The Hall–Kier alpha value is -3.15. The van der Waals surface area contributed by atoms with Crippen molar-refractivity contribution >= 4 is 5.91 Å². The van der Waals surface area contributed by atoms with Crippen molar-refractivity contribution < 1.29 is 14.1 Å². The first-order chi connectivity index (χ1) is 13.7. The molecule has 6 heteroatoms. The first-order valence-electron chi connectivity index (χ1n) is 9.47. The van der Waals surface area contributed by atoms with E-state index in [9.17, 15) is 4.79 Å². The number of hydrogen-bond donors (Lipinski definition) is 0. The molecule has 0 unspecified atom stereocenters. The maximum atomic E-state index is 12.9. The fraction of sp³-hybridized carbons (Fsp3) is 0.318. The van der Waals surface area contributed by atoms with E-state index >= 15 is 0 Å². The van der Waals surface area contributed by atoms with Crippen molar-refractivity contribution in [3.05, 3.63) is 65.5 Å². The summed E-state index contributed by atoms with van der Waals surface area (Å²) >= 11 is 0. The van der Waals surface area contributed by atoms with Crippen molar-refractivity contribution in [2.24, 2.45) is 0 Å². The zero-order chi connectivity index (χ0) is 19.5. The van der Waals surface area contributed by atoms with Gasteiger partial charge in [-0.1, -0.05) is 29.4 Å². The number of aryl methyl sites for hydroxylation is 1. The fourth-order valence-electron chi connectivity index (χ4n) is 3.62. The van der Waals surface area contributed by atoms with Gasteiger partial charge < -0.3 is 14.2 Å². The van der Waals surface area contributed by atoms with Crippen molar-refractivity contribution in [3.63, 3.8) is 0 Å². The third kappa shape index (κ3) is 3.63. The summed E-state index contributed by atoms with van der Waals surface area (Å²) < 4.78 is 10.7. The number of nitrogens with zero attached hydrogens (tertiary/aromatic N) is 3. The van der Waals surface area contributed by atoms with Crippen LogP contribution in [0, 0.1) is 6.92 Å². The van der Waals surface area contributed by atoms with Crippen LogP contribution in [-0.2, 0) is 11.2 Å². The van der Waals surface area contributed by atoms with Crippen LogP contribution in [0.2, 0.25) is 0 Å². The third-order valence-electron chi connectivity index (χ3n) is 5.25. The molecule has 144 valence electrons. The Bertz CT molecular complexity index is 965. The minimum atomic E-state index is -0.156. The van der Waals surface area contributed by atoms with Gasteiger partial charge in [-0.15, -0.1) is 0 Å². The van der Waals surface area contributed by atoms with Crippen molar-refractivity contribution in [3.8, 4) is 17.1 Å². The number of amides is 1. The second-order valence-electron chi connectivity index (χ2n) is 7.03. The smallest absolute Gasteiger partial charge is 0.249 e. The summed E-state index contributed by atoms with van der Waals surface area (Å²) in [5, 5.41) is 4.11. The number of benzene rings is 2. The third-order valence-corrected chi connectivity index (χ3v) is 5.25. The van der Waals surface area contributed by atoms with Crippen molar-refractivity contribution in [1.82, 2.24) is 15.0 Å². The second kappa shape index (κ2) is 7.84. The molecule has 1 fully saturated rings. The van der Waals surface area contributed by atoms with Crippen LogP contribution >= 0.6 is 0 Å². The van der Waals surface area contributed by atoms with Crippen LogP contribution in [-0.4, -0.2) is 34.6 Å². The van der Waals surface area contributed by atoms with Gasteiger partial charge in [0.25, 0.3) is 0 Å². The van der Waals surface area contributed by atoms with Crippen LogP contribution < -0.4 is 4.74 Å². The lowest BCUT2D eigenvalue weighted by molar-refractivity contribution is -0.131. The molecule has 0 spiro atoms. The summed E-state index contributed by atoms with van der Waals surface area (Å²) in [6, 6.07) is 15.3.